The van der Waals surface area contributed by atoms with Crippen molar-refractivity contribution >= 4 is 16.9 Å². The summed E-state index contributed by atoms with van der Waals surface area (Å²) in [6.07, 6.45) is 1.46. The minimum Gasteiger partial charge on any atom is -0.350 e. The van der Waals surface area contributed by atoms with E-state index < -0.39 is 17.1 Å². The Morgan fingerprint density at radius 2 is 1.66 bits per heavy atom. The molecule has 32 heavy (non-hydrogen) atoms. The number of aromatic nitrogens is 3. The number of hydrogen-bond acceptors (Lipinski definition) is 4. The molecule has 0 fully saturated rings. The van der Waals surface area contributed by atoms with Crippen LogP contribution in [0.3, 0.4) is 0 Å². The van der Waals surface area contributed by atoms with Gasteiger partial charge in [-0.15, -0.1) is 0 Å². The van der Waals surface area contributed by atoms with Gasteiger partial charge in [-0.1, -0.05) is 42.0 Å². The van der Waals surface area contributed by atoms with Crippen molar-refractivity contribution in [2.45, 2.75) is 26.6 Å². The van der Waals surface area contributed by atoms with Crippen molar-refractivity contribution in [2.24, 2.45) is 0 Å². The Hall–Kier alpha value is -4.07. The Morgan fingerprint density at radius 3 is 2.38 bits per heavy atom. The molecule has 0 unspecified atom stereocenters. The molecule has 7 nitrogen and oxygen atoms in total. The molecule has 0 saturated heterocycles. The van der Waals surface area contributed by atoms with Gasteiger partial charge in [0.1, 0.15) is 18.0 Å². The van der Waals surface area contributed by atoms with E-state index in [9.17, 15) is 18.8 Å². The summed E-state index contributed by atoms with van der Waals surface area (Å²) < 4.78 is 15.4. The number of carbonyl (C=O) groups excluding carboxylic acids is 1. The summed E-state index contributed by atoms with van der Waals surface area (Å²) in [5.41, 5.74) is 1.61. The number of aryl methyl sites for hydroxylation is 1. The van der Waals surface area contributed by atoms with Crippen LogP contribution in [0.1, 0.15) is 16.7 Å². The molecule has 0 aliphatic carbocycles. The SMILES string of the molecule is Cc1ccc(CNC(=O)Cn2c(=O)n(Cc3ccc(F)cc3)c(=O)c3cccnc32)cc1. The molecule has 0 saturated carbocycles. The van der Waals surface area contributed by atoms with Gasteiger partial charge in [-0.3, -0.25) is 18.7 Å². The molecule has 0 radical (unpaired) electrons. The number of rotatable bonds is 6. The number of pyridine rings is 1. The van der Waals surface area contributed by atoms with Crippen molar-refractivity contribution in [3.8, 4) is 0 Å². The Kier molecular flexibility index (Phi) is 5.93. The van der Waals surface area contributed by atoms with Crippen LogP contribution in [0.5, 0.6) is 0 Å². The fourth-order valence-electron chi connectivity index (χ4n) is 3.41. The van der Waals surface area contributed by atoms with E-state index >= 15 is 0 Å². The maximum Gasteiger partial charge on any atom is 0.333 e. The average Bonchev–Trinajstić information content (AvgIpc) is 2.80. The highest BCUT2D eigenvalue weighted by atomic mass is 19.1. The number of nitrogens with one attached hydrogen (secondary N) is 1. The maximum atomic E-state index is 13.2. The van der Waals surface area contributed by atoms with Crippen molar-refractivity contribution in [1.29, 1.82) is 0 Å². The molecule has 4 rings (SSSR count). The molecular weight excluding hydrogens is 411 g/mol. The van der Waals surface area contributed by atoms with Gasteiger partial charge in [0.2, 0.25) is 5.91 Å². The highest BCUT2D eigenvalue weighted by Crippen LogP contribution is 2.07. The Bertz CT molecular complexity index is 1390. The van der Waals surface area contributed by atoms with E-state index in [-0.39, 0.29) is 30.0 Å². The third-order valence-corrected chi connectivity index (χ3v) is 5.15. The smallest absolute Gasteiger partial charge is 0.333 e. The van der Waals surface area contributed by atoms with Crippen molar-refractivity contribution in [2.75, 3.05) is 0 Å². The molecular formula is C24H21FN4O3. The second-order valence-electron chi connectivity index (χ2n) is 7.52. The van der Waals surface area contributed by atoms with Gasteiger partial charge < -0.3 is 5.32 Å². The average molecular weight is 432 g/mol. The molecule has 1 amide bonds. The number of hydrogen-bond donors (Lipinski definition) is 1. The van der Waals surface area contributed by atoms with Gasteiger partial charge in [-0.2, -0.15) is 0 Å². The van der Waals surface area contributed by atoms with E-state index in [1.165, 1.54) is 35.0 Å². The van der Waals surface area contributed by atoms with Crippen LogP contribution in [0.4, 0.5) is 4.39 Å². The number of amides is 1. The maximum absolute atomic E-state index is 13.2. The summed E-state index contributed by atoms with van der Waals surface area (Å²) in [7, 11) is 0. The first-order chi connectivity index (χ1) is 15.4. The van der Waals surface area contributed by atoms with Gasteiger partial charge >= 0.3 is 5.69 Å². The highest BCUT2D eigenvalue weighted by molar-refractivity contribution is 5.79. The molecule has 0 aliphatic rings. The quantitative estimate of drug-likeness (QED) is 0.507. The third-order valence-electron chi connectivity index (χ3n) is 5.15. The minimum atomic E-state index is -0.656. The molecule has 2 aromatic carbocycles. The summed E-state index contributed by atoms with van der Waals surface area (Å²) in [5, 5.41) is 3.02. The number of carbonyl (C=O) groups is 1. The second-order valence-corrected chi connectivity index (χ2v) is 7.52. The largest absolute Gasteiger partial charge is 0.350 e. The Labute approximate surface area is 182 Å². The molecule has 0 bridgehead atoms. The lowest BCUT2D eigenvalue weighted by Gasteiger charge is -2.13. The molecule has 1 N–H and O–H groups in total. The van der Waals surface area contributed by atoms with E-state index in [0.29, 0.717) is 12.1 Å². The van der Waals surface area contributed by atoms with Gasteiger partial charge in [-0.05, 0) is 42.3 Å². The van der Waals surface area contributed by atoms with Crippen molar-refractivity contribution < 1.29 is 9.18 Å². The molecule has 0 atom stereocenters. The number of halogens is 1. The Morgan fingerprint density at radius 1 is 0.969 bits per heavy atom. The number of fused-ring (bicyclic) bond motifs is 1. The van der Waals surface area contributed by atoms with Crippen molar-refractivity contribution in [1.82, 2.24) is 19.4 Å². The fraction of sp³-hybridized carbons (Fsp3) is 0.167. The monoisotopic (exact) mass is 432 g/mol. The zero-order valence-electron chi connectivity index (χ0n) is 17.4. The van der Waals surface area contributed by atoms with E-state index in [1.54, 1.807) is 12.1 Å². The first kappa shape index (κ1) is 21.2. The summed E-state index contributed by atoms with van der Waals surface area (Å²) in [5.74, 6) is -0.793. The molecule has 162 valence electrons. The van der Waals surface area contributed by atoms with Crippen molar-refractivity contribution in [3.63, 3.8) is 0 Å². The van der Waals surface area contributed by atoms with Crippen LogP contribution in [-0.2, 0) is 24.4 Å². The van der Waals surface area contributed by atoms with Crippen LogP contribution in [0.2, 0.25) is 0 Å². The molecule has 0 spiro atoms. The summed E-state index contributed by atoms with van der Waals surface area (Å²) >= 11 is 0. The molecule has 8 heteroatoms. The van der Waals surface area contributed by atoms with Crippen LogP contribution in [-0.4, -0.2) is 20.0 Å². The second kappa shape index (κ2) is 8.97. The zero-order valence-corrected chi connectivity index (χ0v) is 17.4. The van der Waals surface area contributed by atoms with Crippen LogP contribution in [0.25, 0.3) is 11.0 Å². The van der Waals surface area contributed by atoms with Gasteiger partial charge in [-0.25, -0.2) is 14.2 Å². The molecule has 4 aromatic rings. The number of nitrogens with zero attached hydrogens (tertiary/aromatic N) is 3. The standard InChI is InChI=1S/C24H21FN4O3/c1-16-4-6-17(7-5-16)13-27-21(30)15-28-22-20(3-2-12-26-22)23(31)29(24(28)32)14-18-8-10-19(25)11-9-18/h2-12H,13-15H2,1H3,(H,27,30). The first-order valence-electron chi connectivity index (χ1n) is 10.1. The minimum absolute atomic E-state index is 0.0479. The van der Waals surface area contributed by atoms with Crippen molar-refractivity contribution in [3.05, 3.63) is 110 Å². The molecule has 0 aliphatic heterocycles. The molecule has 2 heterocycles. The highest BCUT2D eigenvalue weighted by Gasteiger charge is 2.16. The predicted molar refractivity (Wildman–Crippen MR) is 119 cm³/mol. The van der Waals surface area contributed by atoms with Crippen LogP contribution in [0.15, 0.2) is 76.4 Å². The molecule has 2 aromatic heterocycles. The van der Waals surface area contributed by atoms with Crippen LogP contribution in [0, 0.1) is 12.7 Å². The van der Waals surface area contributed by atoms with E-state index in [0.717, 1.165) is 15.7 Å². The fourth-order valence-corrected chi connectivity index (χ4v) is 3.41. The lowest BCUT2D eigenvalue weighted by Crippen LogP contribution is -2.43. The zero-order chi connectivity index (χ0) is 22.7. The lowest BCUT2D eigenvalue weighted by molar-refractivity contribution is -0.121. The van der Waals surface area contributed by atoms with Gasteiger partial charge in [0.25, 0.3) is 5.56 Å². The topological polar surface area (TPSA) is 86.0 Å². The normalized spacial score (nSPS) is 10.9. The first-order valence-corrected chi connectivity index (χ1v) is 10.1. The van der Waals surface area contributed by atoms with Crippen LogP contribution < -0.4 is 16.6 Å². The van der Waals surface area contributed by atoms with E-state index in [1.807, 2.05) is 31.2 Å². The van der Waals surface area contributed by atoms with E-state index in [4.69, 9.17) is 0 Å². The van der Waals surface area contributed by atoms with Gasteiger partial charge in [0, 0.05) is 12.7 Å². The Balaban J connectivity index is 1.66. The third kappa shape index (κ3) is 4.49. The summed E-state index contributed by atoms with van der Waals surface area (Å²) in [6, 6.07) is 16.4. The lowest BCUT2D eigenvalue weighted by atomic mass is 10.1. The van der Waals surface area contributed by atoms with Crippen LogP contribution >= 0.6 is 0 Å². The summed E-state index contributed by atoms with van der Waals surface area (Å²) in [6.45, 7) is 1.96. The number of benzene rings is 2. The van der Waals surface area contributed by atoms with E-state index in [2.05, 4.69) is 10.3 Å². The summed E-state index contributed by atoms with van der Waals surface area (Å²) in [4.78, 5) is 42.9. The predicted octanol–water partition coefficient (Wildman–Crippen LogP) is 2.37. The van der Waals surface area contributed by atoms with Gasteiger partial charge in [0.15, 0.2) is 0 Å². The van der Waals surface area contributed by atoms with Gasteiger partial charge in [0.05, 0.1) is 11.9 Å².